The zero-order valence-electron chi connectivity index (χ0n) is 16.1. The van der Waals surface area contributed by atoms with E-state index in [4.69, 9.17) is 0 Å². The average molecular weight is 417 g/mol. The number of carbonyl (C=O) groups is 2. The van der Waals surface area contributed by atoms with Crippen LogP contribution in [0.25, 0.3) is 0 Å². The minimum Gasteiger partial charge on any atom is -0.349 e. The molecule has 154 valence electrons. The summed E-state index contributed by atoms with van der Waals surface area (Å²) in [5, 5.41) is 3.04. The second-order valence-electron chi connectivity index (χ2n) is 7.16. The third-order valence-corrected chi connectivity index (χ3v) is 6.36. The number of hydrogen-bond donors (Lipinski definition) is 3. The van der Waals surface area contributed by atoms with Gasteiger partial charge < -0.3 is 5.32 Å². The third-order valence-electron chi connectivity index (χ3n) is 5.10. The molecule has 1 saturated carbocycles. The lowest BCUT2D eigenvalue weighted by atomic mass is 9.86. The Morgan fingerprint density at radius 3 is 2.21 bits per heavy atom. The SMILES string of the molecule is C[C@H]1CCCC[C@@H]1NC(=O)c1ccc(S(=O)(=O)NNC(=O)c2ccncc2)cc1. The van der Waals surface area contributed by atoms with E-state index >= 15 is 0 Å². The first-order valence-electron chi connectivity index (χ1n) is 9.50. The summed E-state index contributed by atoms with van der Waals surface area (Å²) < 4.78 is 24.7. The molecule has 0 unspecified atom stereocenters. The standard InChI is InChI=1S/C20H24N4O4S/c1-14-4-2-3-5-18(14)22-19(25)15-6-8-17(9-7-15)29(27,28)24-23-20(26)16-10-12-21-13-11-16/h6-14,18,24H,2-5H2,1H3,(H,22,25)(H,23,26)/t14-,18-/m0/s1. The monoisotopic (exact) mass is 416 g/mol. The molecule has 0 aliphatic heterocycles. The average Bonchev–Trinajstić information content (AvgIpc) is 2.74. The Morgan fingerprint density at radius 2 is 1.55 bits per heavy atom. The van der Waals surface area contributed by atoms with E-state index in [9.17, 15) is 18.0 Å². The molecule has 8 nitrogen and oxygen atoms in total. The molecule has 0 radical (unpaired) electrons. The van der Waals surface area contributed by atoms with Crippen molar-refractivity contribution in [2.45, 2.75) is 43.5 Å². The zero-order valence-corrected chi connectivity index (χ0v) is 16.9. The van der Waals surface area contributed by atoms with Gasteiger partial charge in [0.05, 0.1) is 4.90 Å². The summed E-state index contributed by atoms with van der Waals surface area (Å²) in [5.74, 6) is -0.388. The van der Waals surface area contributed by atoms with Crippen molar-refractivity contribution in [2.75, 3.05) is 0 Å². The number of nitrogens with zero attached hydrogens (tertiary/aromatic N) is 1. The second kappa shape index (κ2) is 9.15. The van der Waals surface area contributed by atoms with Gasteiger partial charge in [-0.25, -0.2) is 8.42 Å². The summed E-state index contributed by atoms with van der Waals surface area (Å²) in [5.41, 5.74) is 2.81. The van der Waals surface area contributed by atoms with Crippen LogP contribution in [-0.4, -0.2) is 31.3 Å². The number of sulfonamides is 1. The van der Waals surface area contributed by atoms with E-state index in [1.54, 1.807) is 0 Å². The van der Waals surface area contributed by atoms with Crippen LogP contribution in [0.4, 0.5) is 0 Å². The maximum Gasteiger partial charge on any atom is 0.266 e. The lowest BCUT2D eigenvalue weighted by Crippen LogP contribution is -2.41. The summed E-state index contributed by atoms with van der Waals surface area (Å²) >= 11 is 0. The van der Waals surface area contributed by atoms with Crippen LogP contribution < -0.4 is 15.6 Å². The molecule has 0 spiro atoms. The number of nitrogens with one attached hydrogen (secondary N) is 3. The van der Waals surface area contributed by atoms with Gasteiger partial charge in [-0.2, -0.15) is 0 Å². The van der Waals surface area contributed by atoms with Gasteiger partial charge in [0.1, 0.15) is 0 Å². The Hall–Kier alpha value is -2.78. The van der Waals surface area contributed by atoms with Gasteiger partial charge in [-0.1, -0.05) is 19.8 Å². The molecule has 0 bridgehead atoms. The topological polar surface area (TPSA) is 117 Å². The summed E-state index contributed by atoms with van der Waals surface area (Å²) in [4.78, 5) is 30.2. The van der Waals surface area contributed by atoms with Gasteiger partial charge in [-0.3, -0.25) is 20.0 Å². The van der Waals surface area contributed by atoms with Crippen molar-refractivity contribution in [1.82, 2.24) is 20.6 Å². The molecule has 1 aromatic carbocycles. The zero-order chi connectivity index (χ0) is 20.9. The molecule has 3 N–H and O–H groups in total. The lowest BCUT2D eigenvalue weighted by molar-refractivity contribution is 0.0908. The van der Waals surface area contributed by atoms with Crippen LogP contribution >= 0.6 is 0 Å². The largest absolute Gasteiger partial charge is 0.349 e. The number of hydrogen-bond acceptors (Lipinski definition) is 5. The van der Waals surface area contributed by atoms with Gasteiger partial charge in [-0.15, -0.1) is 4.83 Å². The number of pyridine rings is 1. The first-order valence-corrected chi connectivity index (χ1v) is 11.0. The van der Waals surface area contributed by atoms with Crippen LogP contribution in [-0.2, 0) is 10.0 Å². The first kappa shape index (κ1) is 20.9. The molecule has 0 saturated heterocycles. The fourth-order valence-corrected chi connectivity index (χ4v) is 4.16. The second-order valence-corrected chi connectivity index (χ2v) is 8.84. The van der Waals surface area contributed by atoms with Gasteiger partial charge in [0.25, 0.3) is 21.8 Å². The summed E-state index contributed by atoms with van der Waals surface area (Å²) in [7, 11) is -3.97. The van der Waals surface area contributed by atoms with Crippen molar-refractivity contribution in [3.05, 3.63) is 59.9 Å². The highest BCUT2D eigenvalue weighted by molar-refractivity contribution is 7.89. The maximum absolute atomic E-state index is 12.5. The van der Waals surface area contributed by atoms with Crippen molar-refractivity contribution >= 4 is 21.8 Å². The minimum absolute atomic E-state index is 0.0601. The van der Waals surface area contributed by atoms with E-state index in [0.29, 0.717) is 11.5 Å². The molecule has 1 fully saturated rings. The van der Waals surface area contributed by atoms with Crippen molar-refractivity contribution in [3.63, 3.8) is 0 Å². The summed E-state index contributed by atoms with van der Waals surface area (Å²) in [6, 6.07) is 8.66. The number of benzene rings is 1. The fourth-order valence-electron chi connectivity index (χ4n) is 3.32. The van der Waals surface area contributed by atoms with Gasteiger partial charge in [0.15, 0.2) is 0 Å². The molecule has 1 aliphatic rings. The van der Waals surface area contributed by atoms with E-state index in [1.807, 2.05) is 4.83 Å². The minimum atomic E-state index is -3.97. The number of amides is 2. The summed E-state index contributed by atoms with van der Waals surface area (Å²) in [6.45, 7) is 2.13. The molecule has 1 aromatic heterocycles. The van der Waals surface area contributed by atoms with Crippen LogP contribution in [0.3, 0.4) is 0 Å². The molecular weight excluding hydrogens is 392 g/mol. The van der Waals surface area contributed by atoms with Crippen molar-refractivity contribution in [1.29, 1.82) is 0 Å². The van der Waals surface area contributed by atoms with Crippen LogP contribution in [0, 0.1) is 5.92 Å². The number of aromatic nitrogens is 1. The lowest BCUT2D eigenvalue weighted by Gasteiger charge is -2.29. The molecule has 1 aliphatic carbocycles. The Kier molecular flexibility index (Phi) is 6.60. The number of carbonyl (C=O) groups excluding carboxylic acids is 2. The van der Waals surface area contributed by atoms with Gasteiger partial charge in [0.2, 0.25) is 0 Å². The van der Waals surface area contributed by atoms with Crippen molar-refractivity contribution < 1.29 is 18.0 Å². The highest BCUT2D eigenvalue weighted by atomic mass is 32.2. The Balaban J connectivity index is 1.60. The molecule has 2 atom stereocenters. The smallest absolute Gasteiger partial charge is 0.266 e. The molecule has 1 heterocycles. The first-order chi connectivity index (χ1) is 13.9. The number of hydrazine groups is 1. The highest BCUT2D eigenvalue weighted by Gasteiger charge is 2.23. The van der Waals surface area contributed by atoms with E-state index in [2.05, 4.69) is 22.7 Å². The van der Waals surface area contributed by atoms with E-state index in [-0.39, 0.29) is 22.4 Å². The fraction of sp³-hybridized carbons (Fsp3) is 0.350. The quantitative estimate of drug-likeness (QED) is 0.623. The van der Waals surface area contributed by atoms with Crippen LogP contribution in [0.2, 0.25) is 0 Å². The number of rotatable bonds is 6. The van der Waals surface area contributed by atoms with E-state index in [1.165, 1.54) is 55.2 Å². The van der Waals surface area contributed by atoms with E-state index < -0.39 is 15.9 Å². The molecule has 2 aromatic rings. The Morgan fingerprint density at radius 1 is 0.931 bits per heavy atom. The molecule has 9 heteroatoms. The van der Waals surface area contributed by atoms with Crippen LogP contribution in [0.5, 0.6) is 0 Å². The van der Waals surface area contributed by atoms with Gasteiger partial charge in [0, 0.05) is 29.6 Å². The Labute approximate surface area is 170 Å². The van der Waals surface area contributed by atoms with Crippen LogP contribution in [0.15, 0.2) is 53.7 Å². The molecule has 29 heavy (non-hydrogen) atoms. The molecule has 3 rings (SSSR count). The predicted molar refractivity (Wildman–Crippen MR) is 107 cm³/mol. The highest BCUT2D eigenvalue weighted by Crippen LogP contribution is 2.24. The van der Waals surface area contributed by atoms with Crippen molar-refractivity contribution in [3.8, 4) is 0 Å². The van der Waals surface area contributed by atoms with Crippen LogP contribution in [0.1, 0.15) is 53.3 Å². The molecular formula is C20H24N4O4S. The molecule has 2 amide bonds. The van der Waals surface area contributed by atoms with Gasteiger partial charge >= 0.3 is 0 Å². The van der Waals surface area contributed by atoms with E-state index in [0.717, 1.165) is 19.3 Å². The maximum atomic E-state index is 12.5. The third kappa shape index (κ3) is 5.39. The van der Waals surface area contributed by atoms with Gasteiger partial charge in [-0.05, 0) is 55.2 Å². The summed E-state index contributed by atoms with van der Waals surface area (Å²) in [6.07, 6.45) is 7.20. The normalized spacial score (nSPS) is 19.3. The predicted octanol–water partition coefficient (Wildman–Crippen LogP) is 2.01. The Bertz CT molecular complexity index is 962. The van der Waals surface area contributed by atoms with Crippen molar-refractivity contribution in [2.24, 2.45) is 5.92 Å².